The van der Waals surface area contributed by atoms with Crippen molar-refractivity contribution in [3.05, 3.63) is 65.7 Å². The molecule has 2 unspecified atom stereocenters. The van der Waals surface area contributed by atoms with Crippen LogP contribution in [0, 0.1) is 0 Å². The minimum Gasteiger partial charge on any atom is -0.349 e. The number of benzene rings is 1. The van der Waals surface area contributed by atoms with Crippen molar-refractivity contribution >= 4 is 23.6 Å². The average molecular weight is 488 g/mol. The molecule has 6 rings (SSSR count). The van der Waals surface area contributed by atoms with E-state index in [9.17, 15) is 19.2 Å². The van der Waals surface area contributed by atoms with Crippen LogP contribution in [0.5, 0.6) is 0 Å². The number of aromatic nitrogens is 4. The summed E-state index contributed by atoms with van der Waals surface area (Å²) in [6.07, 6.45) is 8.12. The van der Waals surface area contributed by atoms with Gasteiger partial charge in [0.05, 0.1) is 17.9 Å². The molecule has 5 heterocycles. The van der Waals surface area contributed by atoms with E-state index in [1.165, 1.54) is 9.58 Å². The van der Waals surface area contributed by atoms with E-state index in [-0.39, 0.29) is 42.4 Å². The number of rotatable bonds is 4. The van der Waals surface area contributed by atoms with Gasteiger partial charge in [-0.15, -0.1) is 5.10 Å². The summed E-state index contributed by atoms with van der Waals surface area (Å²) in [6, 6.07) is 8.83. The Labute approximate surface area is 206 Å². The van der Waals surface area contributed by atoms with Crippen molar-refractivity contribution in [3.8, 4) is 5.69 Å². The van der Waals surface area contributed by atoms with Gasteiger partial charge in [-0.2, -0.15) is 0 Å². The van der Waals surface area contributed by atoms with Crippen molar-refractivity contribution in [2.45, 2.75) is 44.3 Å². The Kier molecular flexibility index (Phi) is 5.39. The lowest BCUT2D eigenvalue weighted by atomic mass is 10.0. The third-order valence-corrected chi connectivity index (χ3v) is 7.22. The molecule has 4 amide bonds. The van der Waals surface area contributed by atoms with Crippen LogP contribution in [-0.4, -0.2) is 72.1 Å². The molecule has 0 radical (unpaired) electrons. The van der Waals surface area contributed by atoms with Gasteiger partial charge in [0.2, 0.25) is 11.8 Å². The Morgan fingerprint density at radius 3 is 2.72 bits per heavy atom. The second kappa shape index (κ2) is 8.74. The number of amides is 4. The second-order valence-corrected chi connectivity index (χ2v) is 9.47. The van der Waals surface area contributed by atoms with Gasteiger partial charge in [0, 0.05) is 44.0 Å². The fraction of sp³-hybridized carbons (Fsp3) is 0.360. The Hall–Kier alpha value is -4.28. The van der Waals surface area contributed by atoms with Crippen LogP contribution in [0.25, 0.3) is 5.69 Å². The van der Waals surface area contributed by atoms with Gasteiger partial charge >= 0.3 is 0 Å². The lowest BCUT2D eigenvalue weighted by Crippen LogP contribution is -2.52. The number of nitrogens with one attached hydrogen (secondary N) is 1. The van der Waals surface area contributed by atoms with E-state index >= 15 is 0 Å². The van der Waals surface area contributed by atoms with E-state index in [1.54, 1.807) is 18.3 Å². The van der Waals surface area contributed by atoms with Crippen molar-refractivity contribution in [3.63, 3.8) is 0 Å². The number of likely N-dealkylation sites (tertiary alicyclic amines) is 1. The molecule has 11 nitrogen and oxygen atoms in total. The van der Waals surface area contributed by atoms with Crippen molar-refractivity contribution in [2.24, 2.45) is 0 Å². The monoisotopic (exact) mass is 487 g/mol. The second-order valence-electron chi connectivity index (χ2n) is 9.47. The van der Waals surface area contributed by atoms with Crippen LogP contribution in [0.15, 0.2) is 48.9 Å². The molecule has 3 aliphatic rings. The van der Waals surface area contributed by atoms with Crippen LogP contribution < -0.4 is 5.32 Å². The van der Waals surface area contributed by atoms with E-state index in [0.29, 0.717) is 30.8 Å². The quantitative estimate of drug-likeness (QED) is 0.554. The van der Waals surface area contributed by atoms with Crippen LogP contribution >= 0.6 is 0 Å². The molecule has 2 atom stereocenters. The van der Waals surface area contributed by atoms with Crippen molar-refractivity contribution < 1.29 is 19.2 Å². The number of fused-ring (bicyclic) bond motifs is 1. The Morgan fingerprint density at radius 1 is 1.08 bits per heavy atom. The summed E-state index contributed by atoms with van der Waals surface area (Å²) in [6.45, 7) is 1.57. The van der Waals surface area contributed by atoms with Gasteiger partial charge in [-0.1, -0.05) is 5.21 Å². The highest BCUT2D eigenvalue weighted by Gasteiger charge is 2.39. The topological polar surface area (TPSA) is 122 Å². The normalized spacial score (nSPS) is 22.1. The third-order valence-electron chi connectivity index (χ3n) is 7.22. The molecule has 11 heteroatoms. The predicted octanol–water partition coefficient (Wildman–Crippen LogP) is 1.31. The van der Waals surface area contributed by atoms with Gasteiger partial charge in [0.25, 0.3) is 11.8 Å². The summed E-state index contributed by atoms with van der Waals surface area (Å²) in [7, 11) is 0. The summed E-state index contributed by atoms with van der Waals surface area (Å²) >= 11 is 0. The molecule has 3 aromatic rings. The molecule has 2 fully saturated rings. The summed E-state index contributed by atoms with van der Waals surface area (Å²) in [4.78, 5) is 53.2. The van der Waals surface area contributed by atoms with Crippen molar-refractivity contribution in [1.29, 1.82) is 0 Å². The third kappa shape index (κ3) is 3.86. The standard InChI is InChI=1S/C25H25N7O4/c33-22-8-7-21(23(34)26-22)31-13-16-12-17(5-6-19(16)24(31)35)32-15-20(27-28-32)25(36)30-11-3-4-18(14-30)29-9-1-2-10-29/h1-2,5-6,9-10,12,15,18,21H,3-4,7-8,11,13-14H2,(H,26,33,34). The highest BCUT2D eigenvalue weighted by atomic mass is 16.2. The summed E-state index contributed by atoms with van der Waals surface area (Å²) in [5.41, 5.74) is 2.22. The maximum atomic E-state index is 13.1. The smallest absolute Gasteiger partial charge is 0.276 e. The number of carbonyl (C=O) groups excluding carboxylic acids is 4. The average Bonchev–Trinajstić information content (AvgIpc) is 3.65. The number of piperidine rings is 2. The number of nitrogens with zero attached hydrogens (tertiary/aromatic N) is 6. The first-order chi connectivity index (χ1) is 17.5. The lowest BCUT2D eigenvalue weighted by Gasteiger charge is -2.33. The number of imide groups is 1. The Balaban J connectivity index is 1.18. The summed E-state index contributed by atoms with van der Waals surface area (Å²) < 4.78 is 3.67. The molecule has 1 N–H and O–H groups in total. The van der Waals surface area contributed by atoms with Crippen LogP contribution in [0.3, 0.4) is 0 Å². The predicted molar refractivity (Wildman–Crippen MR) is 126 cm³/mol. The zero-order valence-corrected chi connectivity index (χ0v) is 19.5. The lowest BCUT2D eigenvalue weighted by molar-refractivity contribution is -0.136. The van der Waals surface area contributed by atoms with Crippen molar-refractivity contribution in [2.75, 3.05) is 13.1 Å². The number of carbonyl (C=O) groups is 4. The molecule has 0 bridgehead atoms. The maximum Gasteiger partial charge on any atom is 0.276 e. The molecule has 2 saturated heterocycles. The Bertz CT molecular complexity index is 1360. The van der Waals surface area contributed by atoms with E-state index in [0.717, 1.165) is 18.4 Å². The zero-order chi connectivity index (χ0) is 24.8. The largest absolute Gasteiger partial charge is 0.349 e. The first kappa shape index (κ1) is 22.2. The maximum absolute atomic E-state index is 13.1. The number of hydrogen-bond acceptors (Lipinski definition) is 6. The molecular formula is C25H25N7O4. The van der Waals surface area contributed by atoms with Gasteiger partial charge in [-0.05, 0) is 55.2 Å². The van der Waals surface area contributed by atoms with Gasteiger partial charge in [-0.25, -0.2) is 4.68 Å². The molecule has 2 aromatic heterocycles. The SMILES string of the molecule is O=C1CCC(N2Cc3cc(-n4cc(C(=O)N5CCCC(n6cccc6)C5)nn4)ccc3C2=O)C(=O)N1. The van der Waals surface area contributed by atoms with Crippen LogP contribution in [-0.2, 0) is 16.1 Å². The molecular weight excluding hydrogens is 462 g/mol. The van der Waals surface area contributed by atoms with Gasteiger partial charge in [-0.3, -0.25) is 24.5 Å². The first-order valence-corrected chi connectivity index (χ1v) is 12.1. The van der Waals surface area contributed by atoms with E-state index < -0.39 is 11.9 Å². The highest BCUT2D eigenvalue weighted by Crippen LogP contribution is 2.29. The fourth-order valence-electron chi connectivity index (χ4n) is 5.33. The summed E-state index contributed by atoms with van der Waals surface area (Å²) in [5.74, 6) is -1.14. The van der Waals surface area contributed by atoms with E-state index in [2.05, 4.69) is 20.2 Å². The molecule has 1 aromatic carbocycles. The molecule has 0 aliphatic carbocycles. The molecule has 3 aliphatic heterocycles. The fourth-order valence-corrected chi connectivity index (χ4v) is 5.33. The van der Waals surface area contributed by atoms with Crippen molar-refractivity contribution in [1.82, 2.24) is 34.7 Å². The molecule has 0 saturated carbocycles. The van der Waals surface area contributed by atoms with Gasteiger partial charge < -0.3 is 14.4 Å². The minimum absolute atomic E-state index is 0.154. The van der Waals surface area contributed by atoms with E-state index in [1.807, 2.05) is 35.5 Å². The van der Waals surface area contributed by atoms with Gasteiger partial charge in [0.1, 0.15) is 6.04 Å². The first-order valence-electron chi connectivity index (χ1n) is 12.1. The minimum atomic E-state index is -0.665. The van der Waals surface area contributed by atoms with Crippen LogP contribution in [0.2, 0.25) is 0 Å². The van der Waals surface area contributed by atoms with Gasteiger partial charge in [0.15, 0.2) is 5.69 Å². The molecule has 0 spiro atoms. The zero-order valence-electron chi connectivity index (χ0n) is 19.5. The Morgan fingerprint density at radius 2 is 1.92 bits per heavy atom. The highest BCUT2D eigenvalue weighted by molar-refractivity contribution is 6.05. The molecule has 184 valence electrons. The van der Waals surface area contributed by atoms with Crippen LogP contribution in [0.1, 0.15) is 58.1 Å². The van der Waals surface area contributed by atoms with Crippen LogP contribution in [0.4, 0.5) is 0 Å². The molecule has 36 heavy (non-hydrogen) atoms. The number of hydrogen-bond donors (Lipinski definition) is 1. The summed E-state index contributed by atoms with van der Waals surface area (Å²) in [5, 5.41) is 10.6. The van der Waals surface area contributed by atoms with E-state index in [4.69, 9.17) is 0 Å².